The molecule has 2 saturated heterocycles. The van der Waals surface area contributed by atoms with Crippen molar-refractivity contribution in [1.82, 2.24) is 20.2 Å². The minimum absolute atomic E-state index is 0.0159. The number of benzene rings is 4. The summed E-state index contributed by atoms with van der Waals surface area (Å²) in [6.07, 6.45) is 2.46. The molecule has 380 valence electrons. The first-order chi connectivity index (χ1) is 34.8. The lowest BCUT2D eigenvalue weighted by atomic mass is 9.74. The largest absolute Gasteiger partial charge is 0.416 e. The van der Waals surface area contributed by atoms with Crippen LogP contribution in [-0.4, -0.2) is 78.8 Å². The van der Waals surface area contributed by atoms with Gasteiger partial charge in [0.05, 0.1) is 11.1 Å². The molecule has 2 spiro atoms. The lowest BCUT2D eigenvalue weighted by molar-refractivity contribution is -0.138. The van der Waals surface area contributed by atoms with Crippen LogP contribution in [0, 0.1) is 0 Å². The van der Waals surface area contributed by atoms with Gasteiger partial charge >= 0.3 is 12.4 Å². The Morgan fingerprint density at radius 3 is 1.45 bits per heavy atom. The van der Waals surface area contributed by atoms with Gasteiger partial charge in [-0.25, -0.2) is 9.97 Å². The van der Waals surface area contributed by atoms with E-state index in [-0.39, 0.29) is 33.4 Å². The molecule has 0 saturated carbocycles. The fourth-order valence-electron chi connectivity index (χ4n) is 9.82. The number of rotatable bonds is 6. The first kappa shape index (κ1) is 53.5. The van der Waals surface area contributed by atoms with Crippen LogP contribution in [0.4, 0.5) is 37.7 Å². The number of aldehydes is 1. The average molecular weight is 1080 g/mol. The van der Waals surface area contributed by atoms with E-state index >= 15 is 0 Å². The fraction of sp³-hybridized carbons (Fsp3) is 0.278. The van der Waals surface area contributed by atoms with Crippen molar-refractivity contribution >= 4 is 82.0 Å². The first-order valence-electron chi connectivity index (χ1n) is 23.1. The zero-order valence-electron chi connectivity index (χ0n) is 38.8. The molecule has 6 heterocycles. The van der Waals surface area contributed by atoms with Crippen molar-refractivity contribution in [3.63, 3.8) is 0 Å². The third kappa shape index (κ3) is 12.4. The highest BCUT2D eigenvalue weighted by molar-refractivity contribution is 6.31. The van der Waals surface area contributed by atoms with Crippen molar-refractivity contribution in [2.45, 2.75) is 48.9 Å². The number of fused-ring (bicyclic) bond motifs is 4. The van der Waals surface area contributed by atoms with Gasteiger partial charge in [0.1, 0.15) is 16.6 Å². The molecule has 6 aromatic rings. The van der Waals surface area contributed by atoms with Crippen molar-refractivity contribution < 1.29 is 40.7 Å². The topological polar surface area (TPSA) is 98.7 Å². The van der Waals surface area contributed by atoms with E-state index in [1.165, 1.54) is 23.9 Å². The van der Waals surface area contributed by atoms with Crippen molar-refractivity contribution in [2.75, 3.05) is 55.6 Å². The SMILES string of the molecule is O=C(c1ccnc(Cl)c1)N1CC2(CCN(C/C=C/c3ccc(C(F)(F)F)cc3)CC2)c2cc(Cl)ccc21.O=C(c1ccnc(Cl)c1)N1CC2(CCNCC2)c2cc(Cl)ccc21.O=Cc1ccc(C(F)(F)F)cc1. The zero-order chi connectivity index (χ0) is 52.1. The molecule has 9 nitrogen and oxygen atoms in total. The summed E-state index contributed by atoms with van der Waals surface area (Å²) < 4.78 is 74.1. The minimum Gasteiger partial charge on any atom is -0.317 e. The number of hydrogen-bond acceptors (Lipinski definition) is 7. The number of anilines is 2. The number of likely N-dealkylation sites (tertiary alicyclic amines) is 1. The molecule has 10 rings (SSSR count). The van der Waals surface area contributed by atoms with E-state index in [1.807, 2.05) is 52.3 Å². The lowest BCUT2D eigenvalue weighted by Crippen LogP contribution is -2.46. The summed E-state index contributed by atoms with van der Waals surface area (Å²) in [6, 6.07) is 27.3. The molecule has 0 atom stereocenters. The Kier molecular flexibility index (Phi) is 16.4. The number of hydrogen-bond donors (Lipinski definition) is 1. The molecule has 2 aromatic heterocycles. The number of carbonyl (C=O) groups excluding carboxylic acids is 3. The second-order valence-electron chi connectivity index (χ2n) is 18.2. The van der Waals surface area contributed by atoms with Crippen molar-refractivity contribution in [2.24, 2.45) is 0 Å². The fourth-order valence-corrected chi connectivity index (χ4v) is 10.5. The highest BCUT2D eigenvalue weighted by Gasteiger charge is 2.47. The number of amides is 2. The van der Waals surface area contributed by atoms with Crippen LogP contribution in [0.25, 0.3) is 6.08 Å². The number of nitrogens with one attached hydrogen (secondary N) is 1. The maximum Gasteiger partial charge on any atom is 0.416 e. The summed E-state index contributed by atoms with van der Waals surface area (Å²) in [5.74, 6) is -0.162. The zero-order valence-corrected chi connectivity index (χ0v) is 41.8. The number of aromatic nitrogens is 2. The molecule has 0 bridgehead atoms. The number of pyridine rings is 2. The smallest absolute Gasteiger partial charge is 0.317 e. The van der Waals surface area contributed by atoms with E-state index in [2.05, 4.69) is 20.2 Å². The van der Waals surface area contributed by atoms with Gasteiger partial charge in [0.2, 0.25) is 0 Å². The van der Waals surface area contributed by atoms with E-state index < -0.39 is 23.5 Å². The Hall–Kier alpha value is -5.81. The van der Waals surface area contributed by atoms with Crippen LogP contribution < -0.4 is 15.1 Å². The summed E-state index contributed by atoms with van der Waals surface area (Å²) in [4.78, 5) is 50.5. The van der Waals surface area contributed by atoms with Gasteiger partial charge in [-0.2, -0.15) is 26.3 Å². The highest BCUT2D eigenvalue weighted by Crippen LogP contribution is 2.49. The van der Waals surface area contributed by atoms with Crippen LogP contribution in [0.1, 0.15) is 84.6 Å². The molecular formula is C54H46Cl4F6N6O3. The van der Waals surface area contributed by atoms with Gasteiger partial charge < -0.3 is 15.1 Å². The van der Waals surface area contributed by atoms with Crippen LogP contribution in [0.5, 0.6) is 0 Å². The summed E-state index contributed by atoms with van der Waals surface area (Å²) in [6.45, 7) is 5.50. The van der Waals surface area contributed by atoms with Crippen LogP contribution in [0.15, 0.2) is 128 Å². The van der Waals surface area contributed by atoms with Crippen molar-refractivity contribution in [1.29, 1.82) is 0 Å². The standard InChI is InChI=1S/C28H24Cl2F3N3O.C18H17Cl2N3O.C8H5F3O/c29-22-7-8-24-23(17-22)27(18-36(24)26(37)20-9-12-34-25(30)16-20)10-14-35(15-11-27)13-1-2-19-3-5-21(6-4-19)28(31,32)33;19-13-1-2-15-14(10-13)18(4-7-21-8-5-18)11-23(15)17(24)12-3-6-22-16(20)9-12;9-8(10,11)7-3-1-6(5-12)2-4-7/h1-9,12,16-17H,10-11,13-15,18H2;1-3,6,9-10,21H,4-5,7-8,11H2;1-5H/b2-1+;;. The van der Waals surface area contributed by atoms with E-state index in [9.17, 15) is 40.7 Å². The molecule has 2 fully saturated rings. The number of alkyl halides is 6. The molecule has 4 aromatic carbocycles. The van der Waals surface area contributed by atoms with Gasteiger partial charge in [-0.3, -0.25) is 19.3 Å². The van der Waals surface area contributed by atoms with Gasteiger partial charge in [0.25, 0.3) is 11.8 Å². The third-order valence-corrected chi connectivity index (χ3v) is 14.5. The van der Waals surface area contributed by atoms with Gasteiger partial charge in [-0.15, -0.1) is 0 Å². The van der Waals surface area contributed by atoms with E-state index in [1.54, 1.807) is 36.5 Å². The molecule has 0 aliphatic carbocycles. The highest BCUT2D eigenvalue weighted by atomic mass is 35.5. The average Bonchev–Trinajstić information content (AvgIpc) is 3.84. The molecule has 73 heavy (non-hydrogen) atoms. The molecule has 1 N–H and O–H groups in total. The number of piperidine rings is 2. The van der Waals surface area contributed by atoms with Crippen molar-refractivity contribution in [3.8, 4) is 0 Å². The number of carbonyl (C=O) groups is 3. The molecule has 19 heteroatoms. The molecule has 2 amide bonds. The van der Waals surface area contributed by atoms with Crippen LogP contribution in [0.2, 0.25) is 20.4 Å². The second kappa shape index (κ2) is 22.3. The maximum absolute atomic E-state index is 13.4. The Bertz CT molecular complexity index is 3000. The van der Waals surface area contributed by atoms with Crippen LogP contribution >= 0.6 is 46.4 Å². The molecule has 4 aliphatic heterocycles. The molecule has 0 unspecified atom stereocenters. The van der Waals surface area contributed by atoms with E-state index in [4.69, 9.17) is 46.4 Å². The maximum atomic E-state index is 13.4. The number of nitrogens with zero attached hydrogens (tertiary/aromatic N) is 5. The normalized spacial score (nSPS) is 16.8. The summed E-state index contributed by atoms with van der Waals surface area (Å²) in [7, 11) is 0. The summed E-state index contributed by atoms with van der Waals surface area (Å²) in [5.41, 5.74) is 4.52. The monoisotopic (exact) mass is 1080 g/mol. The summed E-state index contributed by atoms with van der Waals surface area (Å²) in [5, 5.41) is 5.36. The van der Waals surface area contributed by atoms with Crippen LogP contribution in [-0.2, 0) is 23.2 Å². The quantitative estimate of drug-likeness (QED) is 0.101. The van der Waals surface area contributed by atoms with Gasteiger partial charge in [-0.1, -0.05) is 82.8 Å². The summed E-state index contributed by atoms with van der Waals surface area (Å²) >= 11 is 24.6. The van der Waals surface area contributed by atoms with E-state index in [0.29, 0.717) is 52.2 Å². The predicted octanol–water partition coefficient (Wildman–Crippen LogP) is 13.3. The number of halogens is 10. The Morgan fingerprint density at radius 1 is 0.589 bits per heavy atom. The predicted molar refractivity (Wildman–Crippen MR) is 273 cm³/mol. The second-order valence-corrected chi connectivity index (χ2v) is 19.9. The molecular weight excluding hydrogens is 1040 g/mol. The van der Waals surface area contributed by atoms with Gasteiger partial charge in [-0.05, 0) is 153 Å². The molecule has 0 radical (unpaired) electrons. The Labute approximate surface area is 437 Å². The van der Waals surface area contributed by atoms with Crippen molar-refractivity contribution in [3.05, 3.63) is 193 Å². The van der Waals surface area contributed by atoms with E-state index in [0.717, 1.165) is 111 Å². The molecule has 4 aliphatic rings. The van der Waals surface area contributed by atoms with Gasteiger partial charge in [0, 0.05) is 81.0 Å². The van der Waals surface area contributed by atoms with Gasteiger partial charge in [0.15, 0.2) is 0 Å². The van der Waals surface area contributed by atoms with Crippen LogP contribution in [0.3, 0.4) is 0 Å². The Morgan fingerprint density at radius 2 is 1.03 bits per heavy atom. The third-order valence-electron chi connectivity index (χ3n) is 13.7. The Balaban J connectivity index is 0.000000168. The minimum atomic E-state index is -4.33. The first-order valence-corrected chi connectivity index (χ1v) is 24.6. The lowest BCUT2D eigenvalue weighted by Gasteiger charge is -2.39.